The van der Waals surface area contributed by atoms with Crippen LogP contribution in [0.3, 0.4) is 0 Å². The lowest BCUT2D eigenvalue weighted by Gasteiger charge is -2.15. The van der Waals surface area contributed by atoms with Crippen LogP contribution in [0.4, 0.5) is 0 Å². The SMILES string of the molecule is CC.NC1CCN(S(=O)(=O)c2cccc(O)c2)C1. The molecule has 2 rings (SSSR count). The highest BCUT2D eigenvalue weighted by Crippen LogP contribution is 2.22. The van der Waals surface area contributed by atoms with Gasteiger partial charge in [-0.3, -0.25) is 0 Å². The second-order valence-electron chi connectivity index (χ2n) is 3.91. The van der Waals surface area contributed by atoms with Gasteiger partial charge in [0.2, 0.25) is 10.0 Å². The van der Waals surface area contributed by atoms with E-state index >= 15 is 0 Å². The van der Waals surface area contributed by atoms with Crippen LogP contribution in [0.5, 0.6) is 5.75 Å². The number of aromatic hydroxyl groups is 1. The van der Waals surface area contributed by atoms with Crippen LogP contribution in [0.2, 0.25) is 0 Å². The van der Waals surface area contributed by atoms with Gasteiger partial charge in [0.05, 0.1) is 4.90 Å². The third-order valence-corrected chi connectivity index (χ3v) is 4.50. The second-order valence-corrected chi connectivity index (χ2v) is 5.85. The van der Waals surface area contributed by atoms with Gasteiger partial charge in [-0.15, -0.1) is 0 Å². The van der Waals surface area contributed by atoms with Gasteiger partial charge in [-0.1, -0.05) is 19.9 Å². The molecule has 3 N–H and O–H groups in total. The first-order valence-corrected chi connectivity index (χ1v) is 7.49. The van der Waals surface area contributed by atoms with E-state index in [0.717, 1.165) is 0 Å². The molecule has 1 aliphatic heterocycles. The van der Waals surface area contributed by atoms with Crippen molar-refractivity contribution in [3.05, 3.63) is 24.3 Å². The summed E-state index contributed by atoms with van der Waals surface area (Å²) >= 11 is 0. The minimum Gasteiger partial charge on any atom is -0.508 e. The van der Waals surface area contributed by atoms with Crippen molar-refractivity contribution in [3.63, 3.8) is 0 Å². The monoisotopic (exact) mass is 272 g/mol. The van der Waals surface area contributed by atoms with Gasteiger partial charge in [0.1, 0.15) is 5.75 Å². The summed E-state index contributed by atoms with van der Waals surface area (Å²) in [5, 5.41) is 9.26. The molecule has 0 radical (unpaired) electrons. The Kier molecular flexibility index (Phi) is 5.13. The van der Waals surface area contributed by atoms with Gasteiger partial charge in [0.25, 0.3) is 0 Å². The Labute approximate surface area is 108 Å². The topological polar surface area (TPSA) is 83.6 Å². The zero-order valence-electron chi connectivity index (χ0n) is 10.7. The molecule has 1 saturated heterocycles. The van der Waals surface area contributed by atoms with E-state index in [9.17, 15) is 13.5 Å². The molecule has 0 amide bonds. The van der Waals surface area contributed by atoms with E-state index in [0.29, 0.717) is 19.5 Å². The quantitative estimate of drug-likeness (QED) is 0.845. The Morgan fingerprint density at radius 1 is 1.39 bits per heavy atom. The fourth-order valence-electron chi connectivity index (χ4n) is 1.77. The molecule has 18 heavy (non-hydrogen) atoms. The summed E-state index contributed by atoms with van der Waals surface area (Å²) in [6.45, 7) is 4.79. The van der Waals surface area contributed by atoms with Gasteiger partial charge in [0, 0.05) is 19.1 Å². The number of nitrogens with zero attached hydrogens (tertiary/aromatic N) is 1. The van der Waals surface area contributed by atoms with Gasteiger partial charge in [-0.05, 0) is 24.6 Å². The van der Waals surface area contributed by atoms with Crippen LogP contribution in [0.15, 0.2) is 29.2 Å². The fraction of sp³-hybridized carbons (Fsp3) is 0.500. The zero-order valence-corrected chi connectivity index (χ0v) is 11.5. The van der Waals surface area contributed by atoms with Gasteiger partial charge in [-0.25, -0.2) is 8.42 Å². The van der Waals surface area contributed by atoms with E-state index in [4.69, 9.17) is 5.73 Å². The zero-order chi connectivity index (χ0) is 13.8. The maximum atomic E-state index is 12.1. The van der Waals surface area contributed by atoms with E-state index in [1.807, 2.05) is 13.8 Å². The molecule has 0 aromatic heterocycles. The van der Waals surface area contributed by atoms with E-state index in [1.165, 1.54) is 28.6 Å². The molecule has 1 fully saturated rings. The number of rotatable bonds is 2. The highest BCUT2D eigenvalue weighted by Gasteiger charge is 2.30. The average Bonchev–Trinajstić information content (AvgIpc) is 2.79. The Morgan fingerprint density at radius 2 is 2.06 bits per heavy atom. The van der Waals surface area contributed by atoms with Gasteiger partial charge >= 0.3 is 0 Å². The highest BCUT2D eigenvalue weighted by atomic mass is 32.2. The molecule has 1 unspecified atom stereocenters. The summed E-state index contributed by atoms with van der Waals surface area (Å²) in [6, 6.07) is 5.58. The van der Waals surface area contributed by atoms with Gasteiger partial charge < -0.3 is 10.8 Å². The predicted octanol–water partition coefficient (Wildman–Crippen LogP) is 1.14. The van der Waals surface area contributed by atoms with Gasteiger partial charge in [0.15, 0.2) is 0 Å². The molecule has 0 aliphatic carbocycles. The molecule has 1 aromatic rings. The Morgan fingerprint density at radius 3 is 2.56 bits per heavy atom. The number of benzene rings is 1. The lowest BCUT2D eigenvalue weighted by molar-refractivity contribution is 0.463. The normalized spacial score (nSPS) is 20.3. The molecule has 1 heterocycles. The van der Waals surface area contributed by atoms with E-state index in [1.54, 1.807) is 0 Å². The van der Waals surface area contributed by atoms with E-state index < -0.39 is 10.0 Å². The van der Waals surface area contributed by atoms with Crippen LogP contribution in [-0.2, 0) is 10.0 Å². The molecule has 1 atom stereocenters. The summed E-state index contributed by atoms with van der Waals surface area (Å²) in [5.74, 6) is -0.0513. The third kappa shape index (κ3) is 3.22. The molecule has 0 spiro atoms. The van der Waals surface area contributed by atoms with Crippen molar-refractivity contribution in [3.8, 4) is 5.75 Å². The lowest BCUT2D eigenvalue weighted by Crippen LogP contribution is -2.31. The van der Waals surface area contributed by atoms with Crippen LogP contribution in [0, 0.1) is 0 Å². The molecule has 0 bridgehead atoms. The standard InChI is InChI=1S/C10H14N2O3S.C2H6/c11-8-4-5-12(7-8)16(14,15)10-3-1-2-9(13)6-10;1-2/h1-3,6,8,13H,4-5,7,11H2;1-2H3. The van der Waals surface area contributed by atoms with Crippen LogP contribution >= 0.6 is 0 Å². The maximum Gasteiger partial charge on any atom is 0.243 e. The molecule has 1 aliphatic rings. The second kappa shape index (κ2) is 6.17. The Bertz CT molecular complexity index is 488. The van der Waals surface area contributed by atoms with Crippen LogP contribution < -0.4 is 5.73 Å². The number of phenolic OH excluding ortho intramolecular Hbond substituents is 1. The number of hydrogen-bond donors (Lipinski definition) is 2. The van der Waals surface area contributed by atoms with Crippen LogP contribution in [0.25, 0.3) is 0 Å². The molecule has 0 saturated carbocycles. The van der Waals surface area contributed by atoms with E-state index in [-0.39, 0.29) is 16.7 Å². The minimum absolute atomic E-state index is 0.0513. The summed E-state index contributed by atoms with van der Waals surface area (Å²) in [7, 11) is -3.50. The van der Waals surface area contributed by atoms with Crippen molar-refractivity contribution in [1.29, 1.82) is 0 Å². The van der Waals surface area contributed by atoms with Crippen molar-refractivity contribution in [2.75, 3.05) is 13.1 Å². The van der Waals surface area contributed by atoms with Crippen molar-refractivity contribution < 1.29 is 13.5 Å². The summed E-state index contributed by atoms with van der Waals surface area (Å²) in [4.78, 5) is 0.113. The molecule has 6 heteroatoms. The first-order valence-electron chi connectivity index (χ1n) is 6.05. The number of phenols is 1. The molecular weight excluding hydrogens is 252 g/mol. The van der Waals surface area contributed by atoms with Gasteiger partial charge in [-0.2, -0.15) is 4.31 Å². The lowest BCUT2D eigenvalue weighted by atomic mass is 10.3. The fourth-order valence-corrected chi connectivity index (χ4v) is 3.32. The average molecular weight is 272 g/mol. The Hall–Kier alpha value is -1.11. The third-order valence-electron chi connectivity index (χ3n) is 2.64. The first-order chi connectivity index (χ1) is 8.50. The van der Waals surface area contributed by atoms with Crippen LogP contribution in [0.1, 0.15) is 20.3 Å². The molecular formula is C12H20N2O3S. The summed E-state index contributed by atoms with van der Waals surface area (Å²) < 4.78 is 25.5. The predicted molar refractivity (Wildman–Crippen MR) is 70.8 cm³/mol. The van der Waals surface area contributed by atoms with Crippen molar-refractivity contribution in [1.82, 2.24) is 4.31 Å². The van der Waals surface area contributed by atoms with Crippen molar-refractivity contribution in [2.24, 2.45) is 5.73 Å². The maximum absolute atomic E-state index is 12.1. The highest BCUT2D eigenvalue weighted by molar-refractivity contribution is 7.89. The summed E-state index contributed by atoms with van der Waals surface area (Å²) in [5.41, 5.74) is 5.67. The van der Waals surface area contributed by atoms with Crippen LogP contribution in [-0.4, -0.2) is 37.0 Å². The van der Waals surface area contributed by atoms with Crippen molar-refractivity contribution in [2.45, 2.75) is 31.2 Å². The number of sulfonamides is 1. The first kappa shape index (κ1) is 14.9. The smallest absolute Gasteiger partial charge is 0.243 e. The molecule has 102 valence electrons. The summed E-state index contributed by atoms with van der Waals surface area (Å²) in [6.07, 6.45) is 0.679. The van der Waals surface area contributed by atoms with E-state index in [2.05, 4.69) is 0 Å². The number of nitrogens with two attached hydrogens (primary N) is 1. The Balaban J connectivity index is 0.000000771. The molecule has 5 nitrogen and oxygen atoms in total. The largest absolute Gasteiger partial charge is 0.508 e. The molecule has 1 aromatic carbocycles. The minimum atomic E-state index is -3.50. The number of hydrogen-bond acceptors (Lipinski definition) is 4. The van der Waals surface area contributed by atoms with Crippen molar-refractivity contribution >= 4 is 10.0 Å².